The van der Waals surface area contributed by atoms with E-state index in [1.807, 2.05) is 62.4 Å². The summed E-state index contributed by atoms with van der Waals surface area (Å²) in [6.07, 6.45) is 0.516. The average Bonchev–Trinajstić information content (AvgIpc) is 2.80. The van der Waals surface area contributed by atoms with Gasteiger partial charge in [-0.2, -0.15) is 0 Å². The Morgan fingerprint density at radius 3 is 2.62 bits per heavy atom. The highest BCUT2D eigenvalue weighted by Crippen LogP contribution is 2.34. The molecule has 3 aromatic rings. The number of fused-ring (bicyclic) bond motifs is 1. The normalized spacial score (nSPS) is 12.4. The number of aliphatic hydroxyl groups is 1. The summed E-state index contributed by atoms with van der Waals surface area (Å²) in [4.78, 5) is 16.9. The molecule has 0 bridgehead atoms. The third-order valence-corrected chi connectivity index (χ3v) is 6.06. The van der Waals surface area contributed by atoms with Crippen LogP contribution in [0.1, 0.15) is 38.8 Å². The van der Waals surface area contributed by atoms with Gasteiger partial charge in [0.25, 0.3) is 0 Å². The highest BCUT2D eigenvalue weighted by Gasteiger charge is 2.38. The highest BCUT2D eigenvalue weighted by atomic mass is 35.5. The van der Waals surface area contributed by atoms with E-state index in [2.05, 4.69) is 10.3 Å². The van der Waals surface area contributed by atoms with Crippen LogP contribution in [0.15, 0.2) is 54.6 Å². The minimum atomic E-state index is -0.906. The minimum Gasteiger partial charge on any atom is -0.487 e. The van der Waals surface area contributed by atoms with Crippen molar-refractivity contribution in [3.05, 3.63) is 65.3 Å². The van der Waals surface area contributed by atoms with Crippen molar-refractivity contribution in [3.63, 3.8) is 0 Å². The van der Waals surface area contributed by atoms with Gasteiger partial charge in [-0.05, 0) is 43.2 Å². The summed E-state index contributed by atoms with van der Waals surface area (Å²) in [7, 11) is 1.38. The van der Waals surface area contributed by atoms with Gasteiger partial charge < -0.3 is 19.9 Å². The van der Waals surface area contributed by atoms with E-state index >= 15 is 0 Å². The first-order valence-electron chi connectivity index (χ1n) is 10.7. The van der Waals surface area contributed by atoms with Gasteiger partial charge in [0.2, 0.25) is 0 Å². The molecule has 170 valence electrons. The number of rotatable bonds is 10. The summed E-state index contributed by atoms with van der Waals surface area (Å²) in [5.41, 5.74) is 1.57. The predicted molar refractivity (Wildman–Crippen MR) is 127 cm³/mol. The molecule has 3 rings (SSSR count). The standard InChI is InChI=1S/C25H29ClN2O4/c1-4-25(5-2,24(30)31-3)15-23(29)28-19-7-6-8-21(14-19)32-16-20-12-10-17-9-11-18(26)13-22(17)27-20/h6-14,23,28-29H,4-5,15-16H2,1-3H3. The number of aliphatic hydroxyl groups excluding tert-OH is 1. The summed E-state index contributed by atoms with van der Waals surface area (Å²) in [6.45, 7) is 4.15. The van der Waals surface area contributed by atoms with Crippen molar-refractivity contribution >= 4 is 34.2 Å². The summed E-state index contributed by atoms with van der Waals surface area (Å²) >= 11 is 6.06. The fourth-order valence-corrected chi connectivity index (χ4v) is 3.95. The SMILES string of the molecule is CCC(CC)(CC(O)Nc1cccc(OCc2ccc3ccc(Cl)cc3n2)c1)C(=O)OC. The van der Waals surface area contributed by atoms with Crippen LogP contribution in [0.25, 0.3) is 10.9 Å². The molecule has 0 amide bonds. The Hall–Kier alpha value is -2.83. The smallest absolute Gasteiger partial charge is 0.311 e. The lowest BCUT2D eigenvalue weighted by atomic mass is 9.78. The Kier molecular flexibility index (Phi) is 7.94. The first-order chi connectivity index (χ1) is 15.4. The lowest BCUT2D eigenvalue weighted by Crippen LogP contribution is -2.37. The van der Waals surface area contributed by atoms with E-state index in [0.29, 0.717) is 35.9 Å². The number of nitrogens with one attached hydrogen (secondary N) is 1. The summed E-state index contributed by atoms with van der Waals surface area (Å²) in [6, 6.07) is 16.8. The number of carbonyl (C=O) groups is 1. The van der Waals surface area contributed by atoms with E-state index in [9.17, 15) is 9.90 Å². The molecular weight excluding hydrogens is 428 g/mol. The topological polar surface area (TPSA) is 80.7 Å². The number of hydrogen-bond donors (Lipinski definition) is 2. The number of anilines is 1. The van der Waals surface area contributed by atoms with Gasteiger partial charge in [0, 0.05) is 28.6 Å². The number of carbonyl (C=O) groups excluding carboxylic acids is 1. The zero-order valence-electron chi connectivity index (χ0n) is 18.6. The van der Waals surface area contributed by atoms with Crippen LogP contribution in [0.5, 0.6) is 5.75 Å². The second kappa shape index (κ2) is 10.7. The fraction of sp³-hybridized carbons (Fsp3) is 0.360. The number of aromatic nitrogens is 1. The van der Waals surface area contributed by atoms with E-state index in [0.717, 1.165) is 16.6 Å². The van der Waals surface area contributed by atoms with Crippen LogP contribution in [0.2, 0.25) is 5.02 Å². The number of pyridine rings is 1. The van der Waals surface area contributed by atoms with Crippen LogP contribution in [-0.4, -0.2) is 29.4 Å². The lowest BCUT2D eigenvalue weighted by molar-refractivity contribution is -0.155. The molecule has 0 aliphatic rings. The maximum atomic E-state index is 12.3. The Labute approximate surface area is 193 Å². The van der Waals surface area contributed by atoms with Crippen molar-refractivity contribution in [3.8, 4) is 5.75 Å². The molecule has 0 saturated carbocycles. The maximum Gasteiger partial charge on any atom is 0.311 e. The molecule has 1 aromatic heterocycles. The minimum absolute atomic E-state index is 0.251. The van der Waals surface area contributed by atoms with Crippen molar-refractivity contribution < 1.29 is 19.4 Å². The van der Waals surface area contributed by atoms with Crippen LogP contribution in [0.4, 0.5) is 5.69 Å². The van der Waals surface area contributed by atoms with Crippen molar-refractivity contribution in [1.29, 1.82) is 0 Å². The molecule has 1 heterocycles. The molecule has 0 spiro atoms. The zero-order chi connectivity index (χ0) is 23.1. The molecule has 32 heavy (non-hydrogen) atoms. The van der Waals surface area contributed by atoms with Gasteiger partial charge in [0.05, 0.1) is 23.7 Å². The molecule has 2 aromatic carbocycles. The van der Waals surface area contributed by atoms with Crippen molar-refractivity contribution in [2.24, 2.45) is 5.41 Å². The molecule has 1 atom stereocenters. The number of halogens is 1. The second-order valence-electron chi connectivity index (χ2n) is 7.80. The first-order valence-corrected chi connectivity index (χ1v) is 11.1. The van der Waals surface area contributed by atoms with Crippen molar-refractivity contribution in [1.82, 2.24) is 4.98 Å². The molecule has 6 nitrogen and oxygen atoms in total. The number of ether oxygens (including phenoxy) is 2. The maximum absolute atomic E-state index is 12.3. The molecule has 7 heteroatoms. The Balaban J connectivity index is 1.64. The van der Waals surface area contributed by atoms with Gasteiger partial charge in [-0.25, -0.2) is 4.98 Å². The van der Waals surface area contributed by atoms with Gasteiger partial charge in [0.1, 0.15) is 18.6 Å². The summed E-state index contributed by atoms with van der Waals surface area (Å²) < 4.78 is 10.9. The largest absolute Gasteiger partial charge is 0.487 e. The van der Waals surface area contributed by atoms with E-state index in [-0.39, 0.29) is 12.4 Å². The predicted octanol–water partition coefficient (Wildman–Crippen LogP) is 5.57. The molecule has 0 radical (unpaired) electrons. The summed E-state index contributed by atoms with van der Waals surface area (Å²) in [5, 5.41) is 15.3. The van der Waals surface area contributed by atoms with E-state index in [4.69, 9.17) is 21.1 Å². The molecule has 2 N–H and O–H groups in total. The molecular formula is C25H29ClN2O4. The number of methoxy groups -OCH3 is 1. The number of esters is 1. The number of hydrogen-bond acceptors (Lipinski definition) is 6. The van der Waals surface area contributed by atoms with Crippen LogP contribution < -0.4 is 10.1 Å². The van der Waals surface area contributed by atoms with Gasteiger partial charge in [-0.3, -0.25) is 4.79 Å². The van der Waals surface area contributed by atoms with E-state index < -0.39 is 11.6 Å². The molecule has 0 aliphatic heterocycles. The van der Waals surface area contributed by atoms with Gasteiger partial charge in [-0.1, -0.05) is 43.6 Å². The van der Waals surface area contributed by atoms with Crippen LogP contribution in [-0.2, 0) is 16.1 Å². The lowest BCUT2D eigenvalue weighted by Gasteiger charge is -2.31. The van der Waals surface area contributed by atoms with Gasteiger partial charge in [0.15, 0.2) is 0 Å². The van der Waals surface area contributed by atoms with E-state index in [1.165, 1.54) is 7.11 Å². The quantitative estimate of drug-likeness (QED) is 0.307. The summed E-state index contributed by atoms with van der Waals surface area (Å²) in [5.74, 6) is 0.338. The second-order valence-corrected chi connectivity index (χ2v) is 8.24. The zero-order valence-corrected chi connectivity index (χ0v) is 19.4. The monoisotopic (exact) mass is 456 g/mol. The molecule has 0 saturated heterocycles. The Morgan fingerprint density at radius 1 is 1.16 bits per heavy atom. The third kappa shape index (κ3) is 5.69. The third-order valence-electron chi connectivity index (χ3n) is 5.82. The first kappa shape index (κ1) is 23.8. The van der Waals surface area contributed by atoms with Crippen molar-refractivity contribution in [2.75, 3.05) is 12.4 Å². The average molecular weight is 457 g/mol. The number of nitrogens with zero attached hydrogens (tertiary/aromatic N) is 1. The Bertz CT molecular complexity index is 1070. The van der Waals surface area contributed by atoms with Gasteiger partial charge >= 0.3 is 5.97 Å². The Morgan fingerprint density at radius 2 is 1.91 bits per heavy atom. The van der Waals surface area contributed by atoms with Crippen molar-refractivity contribution in [2.45, 2.75) is 45.9 Å². The molecule has 0 fully saturated rings. The van der Waals surface area contributed by atoms with E-state index in [1.54, 1.807) is 6.07 Å². The molecule has 0 aliphatic carbocycles. The highest BCUT2D eigenvalue weighted by molar-refractivity contribution is 6.31. The molecule has 1 unspecified atom stereocenters. The number of benzene rings is 2. The van der Waals surface area contributed by atoms with Gasteiger partial charge in [-0.15, -0.1) is 0 Å². The van der Waals surface area contributed by atoms with Crippen LogP contribution in [0, 0.1) is 5.41 Å². The fourth-order valence-electron chi connectivity index (χ4n) is 3.79. The van der Waals surface area contributed by atoms with Crippen LogP contribution in [0.3, 0.4) is 0 Å². The van der Waals surface area contributed by atoms with Crippen LogP contribution >= 0.6 is 11.6 Å².